The first-order valence-corrected chi connectivity index (χ1v) is 8.25. The number of hydrogen-bond acceptors (Lipinski definition) is 7. The molecule has 1 amide bonds. The second-order valence-electron chi connectivity index (χ2n) is 5.58. The topological polar surface area (TPSA) is 85.8 Å². The van der Waals surface area contributed by atoms with Crippen LogP contribution in [0.4, 0.5) is 10.6 Å². The van der Waals surface area contributed by atoms with Gasteiger partial charge in [-0.3, -0.25) is 0 Å². The number of alkyl carbamates (subject to hydrolysis) is 1. The number of anilines is 1. The summed E-state index contributed by atoms with van der Waals surface area (Å²) in [6, 6.07) is 3.28. The third-order valence-corrected chi connectivity index (χ3v) is 3.91. The first kappa shape index (κ1) is 13.4. The molecule has 26 heavy (non-hydrogen) atoms. The van der Waals surface area contributed by atoms with E-state index in [9.17, 15) is 4.79 Å². The van der Waals surface area contributed by atoms with Crippen LogP contribution in [0.5, 0.6) is 11.5 Å². The fourth-order valence-electron chi connectivity index (χ4n) is 2.64. The van der Waals surface area contributed by atoms with Gasteiger partial charge in [-0.25, -0.2) is 4.79 Å². The summed E-state index contributed by atoms with van der Waals surface area (Å²) in [5.41, 5.74) is 0. The molecule has 3 rings (SSSR count). The van der Waals surface area contributed by atoms with Gasteiger partial charge in [-0.2, -0.15) is 5.10 Å². The third-order valence-electron chi connectivity index (χ3n) is 3.91. The molecule has 0 unspecified atom stereocenters. The van der Waals surface area contributed by atoms with Gasteiger partial charge in [0.2, 0.25) is 0 Å². The number of methoxy groups -OCH3 is 2. The van der Waals surface area contributed by atoms with E-state index in [-0.39, 0.29) is 18.7 Å². The van der Waals surface area contributed by atoms with Crippen molar-refractivity contribution in [3.63, 3.8) is 0 Å². The van der Waals surface area contributed by atoms with Crippen molar-refractivity contribution in [1.29, 1.82) is 0 Å². The van der Waals surface area contributed by atoms with E-state index in [1.807, 2.05) is 0 Å². The summed E-state index contributed by atoms with van der Waals surface area (Å²) in [5.74, 6) is 0.888. The Kier molecular flexibility index (Phi) is 4.17. The third kappa shape index (κ3) is 3.74. The zero-order chi connectivity index (χ0) is 22.1. The Hall–Kier alpha value is -2.77. The Labute approximate surface area is 158 Å². The number of carbonyl (C=O) groups excluding carboxylic acids is 1. The van der Waals surface area contributed by atoms with Crippen LogP contribution in [0.3, 0.4) is 0 Å². The molecule has 2 heterocycles. The summed E-state index contributed by atoms with van der Waals surface area (Å²) in [7, 11) is 2.97. The summed E-state index contributed by atoms with van der Waals surface area (Å²) >= 11 is 0. The number of fused-ring (bicyclic) bond motifs is 1. The molecular weight excluding hydrogens is 336 g/mol. The zero-order valence-electron chi connectivity index (χ0n) is 18.9. The number of hydrogen-bond donors (Lipinski definition) is 1. The SMILES string of the molecule is [2H]C1([2H])CC(OC(=O)NCC)CC([2H])([2H])N1c1nncc2cc(OC)c(OC)cc12. The minimum Gasteiger partial charge on any atom is -0.493 e. The van der Waals surface area contributed by atoms with Crippen LogP contribution in [0.15, 0.2) is 18.3 Å². The largest absolute Gasteiger partial charge is 0.493 e. The summed E-state index contributed by atoms with van der Waals surface area (Å²) < 4.78 is 49.9. The lowest BCUT2D eigenvalue weighted by atomic mass is 10.1. The van der Waals surface area contributed by atoms with Crippen molar-refractivity contribution in [2.24, 2.45) is 0 Å². The van der Waals surface area contributed by atoms with Crippen molar-refractivity contribution < 1.29 is 24.5 Å². The minimum atomic E-state index is -2.20. The maximum absolute atomic E-state index is 11.8. The molecule has 140 valence electrons. The molecule has 1 saturated heterocycles. The van der Waals surface area contributed by atoms with Crippen LogP contribution in [0.2, 0.25) is 0 Å². The van der Waals surface area contributed by atoms with E-state index in [0.717, 1.165) is 4.90 Å². The van der Waals surface area contributed by atoms with E-state index in [0.29, 0.717) is 28.8 Å². The zero-order valence-corrected chi connectivity index (χ0v) is 14.9. The predicted molar refractivity (Wildman–Crippen MR) is 98.0 cm³/mol. The molecule has 2 aromatic rings. The average Bonchev–Trinajstić information content (AvgIpc) is 2.65. The lowest BCUT2D eigenvalue weighted by Gasteiger charge is -2.32. The summed E-state index contributed by atoms with van der Waals surface area (Å²) in [6.07, 6.45) is -0.611. The minimum absolute atomic E-state index is 0.0277. The molecule has 0 radical (unpaired) electrons. The molecule has 8 heteroatoms. The van der Waals surface area contributed by atoms with Crippen molar-refractivity contribution in [2.45, 2.75) is 25.9 Å². The highest BCUT2D eigenvalue weighted by Gasteiger charge is 2.24. The van der Waals surface area contributed by atoms with Gasteiger partial charge in [-0.15, -0.1) is 5.10 Å². The molecule has 0 bridgehead atoms. The van der Waals surface area contributed by atoms with Crippen LogP contribution < -0.4 is 19.7 Å². The standard InChI is InChI=1S/C18H24N4O4/c1-4-19-18(23)26-13-5-7-22(8-6-13)17-14-10-16(25-3)15(24-2)9-12(14)11-20-21-17/h9-11,13H,4-8H2,1-3H3,(H,19,23)/i7D2,8D2. The molecule has 1 N–H and O–H groups in total. The van der Waals surface area contributed by atoms with E-state index in [1.165, 1.54) is 20.4 Å². The number of aromatic nitrogens is 2. The Morgan fingerprint density at radius 2 is 2.00 bits per heavy atom. The number of amides is 1. The number of ether oxygens (including phenoxy) is 3. The highest BCUT2D eigenvalue weighted by atomic mass is 16.6. The van der Waals surface area contributed by atoms with Crippen molar-refractivity contribution in [3.05, 3.63) is 18.3 Å². The van der Waals surface area contributed by atoms with Gasteiger partial charge in [0, 0.05) is 48.6 Å². The van der Waals surface area contributed by atoms with Gasteiger partial charge < -0.3 is 24.4 Å². The molecule has 0 saturated carbocycles. The number of carbonyl (C=O) groups is 1. The van der Waals surface area contributed by atoms with Crippen LogP contribution in [-0.2, 0) is 4.74 Å². The van der Waals surface area contributed by atoms with Crippen molar-refractivity contribution in [3.8, 4) is 11.5 Å². The molecule has 1 aliphatic rings. The smallest absolute Gasteiger partial charge is 0.407 e. The molecular formula is C18H24N4O4. The van der Waals surface area contributed by atoms with Crippen LogP contribution in [0.25, 0.3) is 10.8 Å². The van der Waals surface area contributed by atoms with Gasteiger partial charge in [-0.05, 0) is 19.1 Å². The van der Waals surface area contributed by atoms with Crippen LogP contribution in [0, 0.1) is 0 Å². The quantitative estimate of drug-likeness (QED) is 0.871. The van der Waals surface area contributed by atoms with E-state index in [1.54, 1.807) is 19.1 Å². The normalized spacial score (nSPS) is 21.1. The van der Waals surface area contributed by atoms with E-state index < -0.39 is 25.2 Å². The van der Waals surface area contributed by atoms with Crippen LogP contribution in [-0.4, -0.2) is 56.2 Å². The maximum atomic E-state index is 11.8. The molecule has 0 spiro atoms. The summed E-state index contributed by atoms with van der Waals surface area (Å²) in [5, 5.41) is 11.5. The average molecular weight is 364 g/mol. The van der Waals surface area contributed by atoms with Crippen LogP contribution >= 0.6 is 0 Å². The molecule has 1 aromatic carbocycles. The number of benzene rings is 1. The molecule has 1 aromatic heterocycles. The molecule has 1 aliphatic heterocycles. The second kappa shape index (κ2) is 8.07. The maximum Gasteiger partial charge on any atom is 0.407 e. The van der Waals surface area contributed by atoms with Gasteiger partial charge in [-0.1, -0.05) is 0 Å². The molecule has 1 fully saturated rings. The Morgan fingerprint density at radius 3 is 2.65 bits per heavy atom. The second-order valence-corrected chi connectivity index (χ2v) is 5.58. The Morgan fingerprint density at radius 1 is 1.31 bits per heavy atom. The summed E-state index contributed by atoms with van der Waals surface area (Å²) in [6.45, 7) is -2.32. The number of rotatable bonds is 5. The van der Waals surface area contributed by atoms with Gasteiger partial charge >= 0.3 is 6.09 Å². The molecule has 8 nitrogen and oxygen atoms in total. The number of piperidine rings is 1. The van der Waals surface area contributed by atoms with Gasteiger partial charge in [0.15, 0.2) is 17.3 Å². The van der Waals surface area contributed by atoms with E-state index >= 15 is 0 Å². The van der Waals surface area contributed by atoms with Crippen molar-refractivity contribution in [1.82, 2.24) is 15.5 Å². The van der Waals surface area contributed by atoms with E-state index in [2.05, 4.69) is 15.5 Å². The fourth-order valence-corrected chi connectivity index (χ4v) is 2.64. The first-order chi connectivity index (χ1) is 14.1. The predicted octanol–water partition coefficient (Wildman–Crippen LogP) is 2.36. The van der Waals surface area contributed by atoms with Gasteiger partial charge in [0.25, 0.3) is 0 Å². The van der Waals surface area contributed by atoms with Gasteiger partial charge in [0.05, 0.1) is 20.4 Å². The lowest BCUT2D eigenvalue weighted by Crippen LogP contribution is -2.40. The fraction of sp³-hybridized carbons (Fsp3) is 0.500. The number of nitrogens with one attached hydrogen (secondary N) is 1. The van der Waals surface area contributed by atoms with Crippen LogP contribution in [0.1, 0.15) is 25.2 Å². The molecule has 0 atom stereocenters. The summed E-state index contributed by atoms with van der Waals surface area (Å²) in [4.78, 5) is 12.7. The number of nitrogens with zero attached hydrogens (tertiary/aromatic N) is 3. The monoisotopic (exact) mass is 364 g/mol. The van der Waals surface area contributed by atoms with Gasteiger partial charge in [0.1, 0.15) is 6.10 Å². The highest BCUT2D eigenvalue weighted by Crippen LogP contribution is 2.35. The van der Waals surface area contributed by atoms with E-state index in [4.69, 9.17) is 19.7 Å². The lowest BCUT2D eigenvalue weighted by molar-refractivity contribution is 0.0836. The molecule has 0 aliphatic carbocycles. The first-order valence-electron chi connectivity index (χ1n) is 10.2. The Bertz CT molecular complexity index is 926. The highest BCUT2D eigenvalue weighted by molar-refractivity contribution is 5.94. The Balaban J connectivity index is 2.04. The van der Waals surface area contributed by atoms with Crippen molar-refractivity contribution in [2.75, 3.05) is 38.7 Å². The van der Waals surface area contributed by atoms with Crippen molar-refractivity contribution >= 4 is 22.7 Å².